The van der Waals surface area contributed by atoms with E-state index in [9.17, 15) is 0 Å². The summed E-state index contributed by atoms with van der Waals surface area (Å²) in [7, 11) is 3.30. The van der Waals surface area contributed by atoms with Crippen molar-refractivity contribution in [2.45, 2.75) is 0 Å². The number of halogens is 2. The lowest BCUT2D eigenvalue weighted by Crippen LogP contribution is -2.13. The van der Waals surface area contributed by atoms with Gasteiger partial charge in [-0.1, -0.05) is 0 Å². The van der Waals surface area contributed by atoms with Crippen molar-refractivity contribution in [1.29, 1.82) is 0 Å². The third-order valence-corrected chi connectivity index (χ3v) is 3.88. The molecule has 1 aromatic rings. The van der Waals surface area contributed by atoms with Crippen LogP contribution in [-0.4, -0.2) is 53.8 Å². The summed E-state index contributed by atoms with van der Waals surface area (Å²) in [5, 5.41) is 3.29. The summed E-state index contributed by atoms with van der Waals surface area (Å²) < 4.78 is 22.8. The van der Waals surface area contributed by atoms with Gasteiger partial charge in [-0.25, -0.2) is 0 Å². The molecule has 0 saturated carbocycles. The Bertz CT molecular complexity index is 418. The predicted molar refractivity (Wildman–Crippen MR) is 90.4 cm³/mol. The number of methoxy groups -OCH3 is 2. The van der Waals surface area contributed by atoms with Crippen LogP contribution in [0.25, 0.3) is 0 Å². The van der Waals surface area contributed by atoms with E-state index in [1.807, 2.05) is 12.1 Å². The Hall–Kier alpha value is -0.340. The Morgan fingerprint density at radius 2 is 1.57 bits per heavy atom. The van der Waals surface area contributed by atoms with Crippen LogP contribution in [0.3, 0.4) is 0 Å². The molecule has 0 aromatic heterocycles. The molecule has 1 N–H and O–H groups in total. The van der Waals surface area contributed by atoms with Gasteiger partial charge >= 0.3 is 0 Å². The van der Waals surface area contributed by atoms with Crippen LogP contribution in [-0.2, 0) is 14.2 Å². The van der Waals surface area contributed by atoms with Crippen LogP contribution in [0.5, 0.6) is 5.75 Å². The Kier molecular flexibility index (Phi) is 10.0. The van der Waals surface area contributed by atoms with E-state index in [0.717, 1.165) is 20.4 Å². The van der Waals surface area contributed by atoms with Crippen molar-refractivity contribution in [1.82, 2.24) is 0 Å². The molecule has 0 saturated heterocycles. The summed E-state index contributed by atoms with van der Waals surface area (Å²) in [4.78, 5) is 0. The number of anilines is 1. The van der Waals surface area contributed by atoms with Gasteiger partial charge in [-0.05, 0) is 37.9 Å². The standard InChI is InChI=1S/C14H21Br2NO4/c1-18-5-6-21-8-7-20-4-3-17-13-10-14(19-2)12(16)9-11(13)15/h9-10,17H,3-8H2,1-2H3. The fraction of sp³-hybridized carbons (Fsp3) is 0.571. The van der Waals surface area contributed by atoms with E-state index in [4.69, 9.17) is 18.9 Å². The molecule has 0 bridgehead atoms. The van der Waals surface area contributed by atoms with Gasteiger partial charge in [-0.2, -0.15) is 0 Å². The lowest BCUT2D eigenvalue weighted by atomic mass is 10.3. The first-order valence-electron chi connectivity index (χ1n) is 6.60. The summed E-state index contributed by atoms with van der Waals surface area (Å²) in [5.41, 5.74) is 0.968. The second-order valence-electron chi connectivity index (χ2n) is 4.11. The van der Waals surface area contributed by atoms with Crippen molar-refractivity contribution in [2.24, 2.45) is 0 Å². The molecule has 0 unspecified atom stereocenters. The molecule has 0 fully saturated rings. The first-order valence-corrected chi connectivity index (χ1v) is 8.19. The number of hydrogen-bond donors (Lipinski definition) is 1. The van der Waals surface area contributed by atoms with E-state index in [0.29, 0.717) is 39.6 Å². The van der Waals surface area contributed by atoms with Gasteiger partial charge < -0.3 is 24.3 Å². The van der Waals surface area contributed by atoms with Crippen LogP contribution in [0.4, 0.5) is 5.69 Å². The summed E-state index contributed by atoms with van der Waals surface area (Å²) >= 11 is 6.95. The summed E-state index contributed by atoms with van der Waals surface area (Å²) in [5.74, 6) is 0.785. The normalized spacial score (nSPS) is 10.7. The topological polar surface area (TPSA) is 49.0 Å². The zero-order valence-corrected chi connectivity index (χ0v) is 15.5. The third kappa shape index (κ3) is 7.46. The van der Waals surface area contributed by atoms with Crippen molar-refractivity contribution in [2.75, 3.05) is 59.1 Å². The molecule has 5 nitrogen and oxygen atoms in total. The molecule has 0 aliphatic carbocycles. The molecule has 1 aromatic carbocycles. The minimum absolute atomic E-state index is 0.580. The Morgan fingerprint density at radius 3 is 2.24 bits per heavy atom. The highest BCUT2D eigenvalue weighted by molar-refractivity contribution is 9.11. The molecule has 0 aliphatic heterocycles. The summed E-state index contributed by atoms with van der Waals surface area (Å²) in [6.07, 6.45) is 0. The fourth-order valence-electron chi connectivity index (χ4n) is 1.54. The molecule has 120 valence electrons. The number of hydrogen-bond acceptors (Lipinski definition) is 5. The fourth-order valence-corrected chi connectivity index (χ4v) is 2.84. The van der Waals surface area contributed by atoms with Crippen molar-refractivity contribution >= 4 is 37.5 Å². The average Bonchev–Trinajstić information content (AvgIpc) is 2.47. The average molecular weight is 427 g/mol. The van der Waals surface area contributed by atoms with Gasteiger partial charge in [0, 0.05) is 24.2 Å². The van der Waals surface area contributed by atoms with E-state index in [-0.39, 0.29) is 0 Å². The highest BCUT2D eigenvalue weighted by atomic mass is 79.9. The maximum atomic E-state index is 5.47. The second-order valence-corrected chi connectivity index (χ2v) is 5.82. The van der Waals surface area contributed by atoms with Crippen LogP contribution < -0.4 is 10.1 Å². The SMILES string of the molecule is COCCOCCOCCNc1cc(OC)c(Br)cc1Br. The maximum absolute atomic E-state index is 5.47. The van der Waals surface area contributed by atoms with Gasteiger partial charge in [-0.3, -0.25) is 0 Å². The minimum atomic E-state index is 0.580. The van der Waals surface area contributed by atoms with E-state index in [1.165, 1.54) is 0 Å². The molecular weight excluding hydrogens is 406 g/mol. The van der Waals surface area contributed by atoms with E-state index >= 15 is 0 Å². The number of ether oxygens (including phenoxy) is 4. The molecule has 0 spiro atoms. The lowest BCUT2D eigenvalue weighted by molar-refractivity contribution is 0.0272. The molecule has 7 heteroatoms. The Morgan fingerprint density at radius 1 is 0.905 bits per heavy atom. The van der Waals surface area contributed by atoms with Crippen LogP contribution in [0, 0.1) is 0 Å². The number of rotatable bonds is 11. The van der Waals surface area contributed by atoms with Gasteiger partial charge in [0.1, 0.15) is 5.75 Å². The lowest BCUT2D eigenvalue weighted by Gasteiger charge is -2.12. The molecule has 0 radical (unpaired) electrons. The summed E-state index contributed by atoms with van der Waals surface area (Å²) in [6, 6.07) is 3.88. The Labute approximate surface area is 142 Å². The molecule has 0 aliphatic rings. The third-order valence-electron chi connectivity index (χ3n) is 2.61. The smallest absolute Gasteiger partial charge is 0.135 e. The van der Waals surface area contributed by atoms with Crippen LogP contribution >= 0.6 is 31.9 Å². The number of nitrogens with one attached hydrogen (secondary N) is 1. The highest BCUT2D eigenvalue weighted by Gasteiger charge is 2.06. The molecule has 0 heterocycles. The van der Waals surface area contributed by atoms with Crippen molar-refractivity contribution in [3.63, 3.8) is 0 Å². The number of benzene rings is 1. The largest absolute Gasteiger partial charge is 0.495 e. The van der Waals surface area contributed by atoms with Crippen molar-refractivity contribution in [3.05, 3.63) is 21.1 Å². The van der Waals surface area contributed by atoms with Crippen molar-refractivity contribution < 1.29 is 18.9 Å². The van der Waals surface area contributed by atoms with Crippen LogP contribution in [0.1, 0.15) is 0 Å². The summed E-state index contributed by atoms with van der Waals surface area (Å²) in [6.45, 7) is 3.69. The van der Waals surface area contributed by atoms with Crippen LogP contribution in [0.2, 0.25) is 0 Å². The van der Waals surface area contributed by atoms with Crippen LogP contribution in [0.15, 0.2) is 21.1 Å². The zero-order valence-electron chi connectivity index (χ0n) is 12.3. The zero-order chi connectivity index (χ0) is 15.5. The van der Waals surface area contributed by atoms with Crippen molar-refractivity contribution in [3.8, 4) is 5.75 Å². The maximum Gasteiger partial charge on any atom is 0.135 e. The predicted octanol–water partition coefficient (Wildman–Crippen LogP) is 3.31. The second kappa shape index (κ2) is 11.3. The van der Waals surface area contributed by atoms with Gasteiger partial charge in [0.2, 0.25) is 0 Å². The first kappa shape index (κ1) is 18.7. The molecule has 0 amide bonds. The monoisotopic (exact) mass is 425 g/mol. The first-order chi connectivity index (χ1) is 10.2. The van der Waals surface area contributed by atoms with Gasteiger partial charge in [0.15, 0.2) is 0 Å². The van der Waals surface area contributed by atoms with E-state index < -0.39 is 0 Å². The van der Waals surface area contributed by atoms with Gasteiger partial charge in [-0.15, -0.1) is 0 Å². The highest BCUT2D eigenvalue weighted by Crippen LogP contribution is 2.34. The van der Waals surface area contributed by atoms with Gasteiger partial charge in [0.05, 0.1) is 50.3 Å². The quantitative estimate of drug-likeness (QED) is 0.550. The van der Waals surface area contributed by atoms with Gasteiger partial charge in [0.25, 0.3) is 0 Å². The minimum Gasteiger partial charge on any atom is -0.495 e. The van der Waals surface area contributed by atoms with E-state index in [2.05, 4.69) is 37.2 Å². The van der Waals surface area contributed by atoms with E-state index in [1.54, 1.807) is 14.2 Å². The Balaban J connectivity index is 2.18. The molecule has 21 heavy (non-hydrogen) atoms. The molecule has 0 atom stereocenters. The molecule has 1 rings (SSSR count). The molecular formula is C14H21Br2NO4.